The van der Waals surface area contributed by atoms with Crippen molar-refractivity contribution in [2.75, 3.05) is 23.7 Å². The van der Waals surface area contributed by atoms with Crippen LogP contribution in [0.25, 0.3) is 5.65 Å². The highest BCUT2D eigenvalue weighted by atomic mass is 15.3. The van der Waals surface area contributed by atoms with E-state index in [0.29, 0.717) is 17.5 Å². The molecule has 30 heavy (non-hydrogen) atoms. The third-order valence-electron chi connectivity index (χ3n) is 6.17. The lowest BCUT2D eigenvalue weighted by Gasteiger charge is -2.26. The average molecular weight is 402 g/mol. The molecule has 3 aromatic rings. The molecule has 0 bridgehead atoms. The van der Waals surface area contributed by atoms with Crippen molar-refractivity contribution in [1.82, 2.24) is 19.9 Å². The Bertz CT molecular complexity index is 1100. The average Bonchev–Trinajstić information content (AvgIpc) is 3.11. The van der Waals surface area contributed by atoms with Crippen molar-refractivity contribution in [3.05, 3.63) is 47.2 Å². The van der Waals surface area contributed by atoms with E-state index in [2.05, 4.69) is 27.1 Å². The van der Waals surface area contributed by atoms with Crippen molar-refractivity contribution >= 4 is 23.0 Å². The van der Waals surface area contributed by atoms with Crippen molar-refractivity contribution in [3.8, 4) is 6.07 Å². The fraction of sp³-hybridized carbons (Fsp3) is 0.435. The third-order valence-corrected chi connectivity index (χ3v) is 6.17. The second-order valence-electron chi connectivity index (χ2n) is 8.50. The van der Waals surface area contributed by atoms with E-state index in [-0.39, 0.29) is 0 Å². The molecule has 5 rings (SSSR count). The monoisotopic (exact) mass is 401 g/mol. The number of aryl methyl sites for hydroxylation is 1. The van der Waals surface area contributed by atoms with Crippen molar-refractivity contribution in [2.24, 2.45) is 0 Å². The molecule has 3 heterocycles. The first-order chi connectivity index (χ1) is 14.7. The first kappa shape index (κ1) is 18.9. The number of hydrogen-bond acceptors (Lipinski definition) is 6. The summed E-state index contributed by atoms with van der Waals surface area (Å²) in [5, 5.41) is 24.5. The van der Waals surface area contributed by atoms with E-state index in [1.54, 1.807) is 0 Å². The fourth-order valence-electron chi connectivity index (χ4n) is 4.40. The summed E-state index contributed by atoms with van der Waals surface area (Å²) in [5.41, 5.74) is 4.72. The first-order valence-electron chi connectivity index (χ1n) is 10.8. The second kappa shape index (κ2) is 7.96. The van der Waals surface area contributed by atoms with Crippen LogP contribution in [-0.4, -0.2) is 33.7 Å². The van der Waals surface area contributed by atoms with Crippen LogP contribution in [0, 0.1) is 18.3 Å². The molecule has 1 saturated heterocycles. The standard InChI is InChI=1S/C23H27N7/c1-15-8-16(12-24)10-19(9-15)28-22-11-21(27-18-6-3-7-25-13-18)29-23-20(14-26-30(22)23)17-4-2-5-17/h8-11,14,17-18,25,28H,2-7,13H2,1H3,(H,27,29). The van der Waals surface area contributed by atoms with E-state index in [4.69, 9.17) is 4.98 Å². The molecule has 154 valence electrons. The maximum absolute atomic E-state index is 9.33. The molecule has 2 fully saturated rings. The van der Waals surface area contributed by atoms with E-state index < -0.39 is 0 Å². The summed E-state index contributed by atoms with van der Waals surface area (Å²) in [4.78, 5) is 4.95. The summed E-state index contributed by atoms with van der Waals surface area (Å²) < 4.78 is 1.90. The van der Waals surface area contributed by atoms with Gasteiger partial charge in [-0.2, -0.15) is 14.9 Å². The molecule has 0 amide bonds. The maximum Gasteiger partial charge on any atom is 0.163 e. The maximum atomic E-state index is 9.33. The summed E-state index contributed by atoms with van der Waals surface area (Å²) in [7, 11) is 0. The number of nitrogens with zero attached hydrogens (tertiary/aromatic N) is 4. The number of rotatable bonds is 5. The van der Waals surface area contributed by atoms with Crippen LogP contribution in [0.4, 0.5) is 17.3 Å². The summed E-state index contributed by atoms with van der Waals surface area (Å²) in [6.45, 7) is 4.04. The number of nitriles is 1. The SMILES string of the molecule is Cc1cc(C#N)cc(Nc2cc(NC3CCCNC3)nc3c(C4CCC4)cnn23)c1. The number of piperidine rings is 1. The van der Waals surface area contributed by atoms with Gasteiger partial charge in [-0.25, -0.2) is 4.98 Å². The molecule has 2 aromatic heterocycles. The topological polar surface area (TPSA) is 90.1 Å². The molecule has 1 aliphatic carbocycles. The molecule has 1 aliphatic heterocycles. The quantitative estimate of drug-likeness (QED) is 0.597. The van der Waals surface area contributed by atoms with Crippen molar-refractivity contribution in [2.45, 2.75) is 51.0 Å². The predicted octanol–water partition coefficient (Wildman–Crippen LogP) is 4.08. The number of nitrogens with one attached hydrogen (secondary N) is 3. The van der Waals surface area contributed by atoms with Gasteiger partial charge >= 0.3 is 0 Å². The van der Waals surface area contributed by atoms with Crippen LogP contribution < -0.4 is 16.0 Å². The van der Waals surface area contributed by atoms with Crippen LogP contribution in [0.3, 0.4) is 0 Å². The number of benzene rings is 1. The molecule has 1 aromatic carbocycles. The van der Waals surface area contributed by atoms with Gasteiger partial charge in [0.2, 0.25) is 0 Å². The molecular weight excluding hydrogens is 374 g/mol. The van der Waals surface area contributed by atoms with E-state index >= 15 is 0 Å². The van der Waals surface area contributed by atoms with Crippen LogP contribution in [-0.2, 0) is 0 Å². The van der Waals surface area contributed by atoms with Gasteiger partial charge in [-0.1, -0.05) is 6.42 Å². The van der Waals surface area contributed by atoms with Gasteiger partial charge in [0.05, 0.1) is 17.8 Å². The molecule has 7 nitrogen and oxygen atoms in total. The van der Waals surface area contributed by atoms with Crippen molar-refractivity contribution in [3.63, 3.8) is 0 Å². The van der Waals surface area contributed by atoms with E-state index in [9.17, 15) is 5.26 Å². The van der Waals surface area contributed by atoms with Crippen molar-refractivity contribution < 1.29 is 0 Å². The molecule has 1 unspecified atom stereocenters. The lowest BCUT2D eigenvalue weighted by Crippen LogP contribution is -2.38. The Labute approximate surface area is 176 Å². The lowest BCUT2D eigenvalue weighted by molar-refractivity contribution is 0.421. The number of hydrogen-bond donors (Lipinski definition) is 3. The molecule has 1 saturated carbocycles. The highest BCUT2D eigenvalue weighted by Crippen LogP contribution is 2.38. The summed E-state index contributed by atoms with van der Waals surface area (Å²) in [6.07, 6.45) is 7.98. The lowest BCUT2D eigenvalue weighted by atomic mass is 9.81. The van der Waals surface area contributed by atoms with Gasteiger partial charge in [-0.3, -0.25) is 0 Å². The molecule has 3 N–H and O–H groups in total. The van der Waals surface area contributed by atoms with Gasteiger partial charge in [0.15, 0.2) is 5.65 Å². The number of fused-ring (bicyclic) bond motifs is 1. The van der Waals surface area contributed by atoms with Crippen LogP contribution in [0.5, 0.6) is 0 Å². The highest BCUT2D eigenvalue weighted by Gasteiger charge is 2.25. The number of aromatic nitrogens is 3. The summed E-state index contributed by atoms with van der Waals surface area (Å²) >= 11 is 0. The van der Waals surface area contributed by atoms with Crippen LogP contribution in [0.2, 0.25) is 0 Å². The van der Waals surface area contributed by atoms with Gasteiger partial charge in [-0.15, -0.1) is 0 Å². The Hall–Kier alpha value is -3.11. The highest BCUT2D eigenvalue weighted by molar-refractivity contribution is 5.67. The zero-order valence-electron chi connectivity index (χ0n) is 17.3. The van der Waals surface area contributed by atoms with Gasteiger partial charge in [0.25, 0.3) is 0 Å². The van der Waals surface area contributed by atoms with E-state index in [1.807, 2.05) is 41.9 Å². The molecule has 0 radical (unpaired) electrons. The van der Waals surface area contributed by atoms with E-state index in [1.165, 1.54) is 31.2 Å². The Kier molecular flexibility index (Phi) is 5.01. The predicted molar refractivity (Wildman–Crippen MR) is 118 cm³/mol. The van der Waals surface area contributed by atoms with Crippen LogP contribution >= 0.6 is 0 Å². The van der Waals surface area contributed by atoms with Gasteiger partial charge in [0.1, 0.15) is 11.6 Å². The van der Waals surface area contributed by atoms with Gasteiger partial charge in [0, 0.05) is 29.9 Å². The van der Waals surface area contributed by atoms with Crippen LogP contribution in [0.1, 0.15) is 54.7 Å². The Morgan fingerprint density at radius 3 is 2.80 bits per heavy atom. The minimum atomic E-state index is 0.376. The molecular formula is C23H27N7. The van der Waals surface area contributed by atoms with Gasteiger partial charge < -0.3 is 16.0 Å². The van der Waals surface area contributed by atoms with E-state index in [0.717, 1.165) is 48.0 Å². The Morgan fingerprint density at radius 2 is 2.07 bits per heavy atom. The summed E-state index contributed by atoms with van der Waals surface area (Å²) in [5.74, 6) is 2.28. The smallest absolute Gasteiger partial charge is 0.163 e. The third kappa shape index (κ3) is 3.71. The zero-order valence-corrected chi connectivity index (χ0v) is 17.3. The molecule has 2 aliphatic rings. The van der Waals surface area contributed by atoms with Gasteiger partial charge in [-0.05, 0) is 68.8 Å². The largest absolute Gasteiger partial charge is 0.366 e. The molecule has 0 spiro atoms. The normalized spacial score (nSPS) is 19.3. The minimum Gasteiger partial charge on any atom is -0.366 e. The Morgan fingerprint density at radius 1 is 1.17 bits per heavy atom. The minimum absolute atomic E-state index is 0.376. The Balaban J connectivity index is 1.54. The van der Waals surface area contributed by atoms with Crippen molar-refractivity contribution in [1.29, 1.82) is 5.26 Å². The first-order valence-corrected chi connectivity index (χ1v) is 10.8. The molecule has 7 heteroatoms. The summed E-state index contributed by atoms with van der Waals surface area (Å²) in [6, 6.07) is 10.4. The zero-order chi connectivity index (χ0) is 20.5. The fourth-order valence-corrected chi connectivity index (χ4v) is 4.40. The number of anilines is 3. The second-order valence-corrected chi connectivity index (χ2v) is 8.50. The molecule has 1 atom stereocenters. The van der Waals surface area contributed by atoms with Crippen LogP contribution in [0.15, 0.2) is 30.5 Å².